The predicted molar refractivity (Wildman–Crippen MR) is 56.1 cm³/mol. The smallest absolute Gasteiger partial charge is 0.358 e. The van der Waals surface area contributed by atoms with Crippen LogP contribution in [0, 0.1) is 5.92 Å². The SMILES string of the molecule is CC(C)C(C)Oc1cccnc1C(=O)O. The summed E-state index contributed by atoms with van der Waals surface area (Å²) in [5, 5.41) is 8.87. The molecule has 0 aliphatic rings. The molecule has 4 nitrogen and oxygen atoms in total. The lowest BCUT2D eigenvalue weighted by molar-refractivity contribution is 0.0679. The highest BCUT2D eigenvalue weighted by Gasteiger charge is 2.16. The van der Waals surface area contributed by atoms with Gasteiger partial charge in [-0.1, -0.05) is 13.8 Å². The number of carboxylic acids is 1. The number of carbonyl (C=O) groups is 1. The predicted octanol–water partition coefficient (Wildman–Crippen LogP) is 2.20. The highest BCUT2D eigenvalue weighted by molar-refractivity contribution is 5.88. The van der Waals surface area contributed by atoms with Crippen molar-refractivity contribution in [3.63, 3.8) is 0 Å². The van der Waals surface area contributed by atoms with Crippen molar-refractivity contribution < 1.29 is 14.6 Å². The fourth-order valence-electron chi connectivity index (χ4n) is 0.983. The maximum atomic E-state index is 10.8. The molecule has 1 N–H and O–H groups in total. The summed E-state index contributed by atoms with van der Waals surface area (Å²) in [6.07, 6.45) is 1.41. The van der Waals surface area contributed by atoms with E-state index >= 15 is 0 Å². The van der Waals surface area contributed by atoms with Gasteiger partial charge in [0.2, 0.25) is 0 Å². The van der Waals surface area contributed by atoms with Crippen molar-refractivity contribution in [3.8, 4) is 5.75 Å². The average molecular weight is 209 g/mol. The van der Waals surface area contributed by atoms with Gasteiger partial charge in [0.05, 0.1) is 6.10 Å². The van der Waals surface area contributed by atoms with Gasteiger partial charge in [-0.2, -0.15) is 0 Å². The average Bonchev–Trinajstić information content (AvgIpc) is 2.18. The molecule has 0 amide bonds. The van der Waals surface area contributed by atoms with Crippen LogP contribution in [0.5, 0.6) is 5.75 Å². The molecule has 0 aliphatic heterocycles. The maximum Gasteiger partial charge on any atom is 0.358 e. The molecule has 1 atom stereocenters. The Morgan fingerprint density at radius 1 is 1.47 bits per heavy atom. The lowest BCUT2D eigenvalue weighted by Crippen LogP contribution is -2.20. The number of carboxylic acid groups (broad SMARTS) is 1. The number of pyridine rings is 1. The van der Waals surface area contributed by atoms with Gasteiger partial charge in [0.15, 0.2) is 11.4 Å². The zero-order chi connectivity index (χ0) is 11.4. The minimum atomic E-state index is -1.07. The molecule has 1 rings (SSSR count). The van der Waals surface area contributed by atoms with Crippen LogP contribution >= 0.6 is 0 Å². The van der Waals surface area contributed by atoms with Crippen LogP contribution in [0.2, 0.25) is 0 Å². The molecule has 1 aromatic rings. The van der Waals surface area contributed by atoms with Crippen LogP contribution in [-0.4, -0.2) is 22.2 Å². The Bertz CT molecular complexity index is 349. The molecule has 0 fully saturated rings. The summed E-state index contributed by atoms with van der Waals surface area (Å²) in [6, 6.07) is 3.28. The molecule has 0 saturated carbocycles. The standard InChI is InChI=1S/C11H15NO3/c1-7(2)8(3)15-9-5-4-6-12-10(9)11(13)14/h4-8H,1-3H3,(H,13,14). The lowest BCUT2D eigenvalue weighted by Gasteiger charge is -2.18. The molecule has 1 heterocycles. The third kappa shape index (κ3) is 2.94. The van der Waals surface area contributed by atoms with E-state index in [2.05, 4.69) is 4.98 Å². The van der Waals surface area contributed by atoms with Crippen molar-refractivity contribution in [1.29, 1.82) is 0 Å². The van der Waals surface area contributed by atoms with Crippen LogP contribution in [0.25, 0.3) is 0 Å². The van der Waals surface area contributed by atoms with Crippen LogP contribution in [0.3, 0.4) is 0 Å². The van der Waals surface area contributed by atoms with Gasteiger partial charge in [0, 0.05) is 6.20 Å². The molecule has 1 unspecified atom stereocenters. The molecule has 0 aliphatic carbocycles. The van der Waals surface area contributed by atoms with Gasteiger partial charge in [0.25, 0.3) is 0 Å². The monoisotopic (exact) mass is 209 g/mol. The van der Waals surface area contributed by atoms with Crippen molar-refractivity contribution in [2.75, 3.05) is 0 Å². The minimum absolute atomic E-state index is 0.0349. The first-order chi connectivity index (χ1) is 7.02. The molecule has 0 radical (unpaired) electrons. The summed E-state index contributed by atoms with van der Waals surface area (Å²) in [6.45, 7) is 5.94. The van der Waals surface area contributed by atoms with E-state index in [1.54, 1.807) is 12.1 Å². The Morgan fingerprint density at radius 3 is 2.67 bits per heavy atom. The van der Waals surface area contributed by atoms with Gasteiger partial charge >= 0.3 is 5.97 Å². The van der Waals surface area contributed by atoms with Crippen LogP contribution < -0.4 is 4.74 Å². The topological polar surface area (TPSA) is 59.4 Å². The molecular weight excluding hydrogens is 194 g/mol. The van der Waals surface area contributed by atoms with E-state index in [9.17, 15) is 4.79 Å². The molecule has 0 spiro atoms. The van der Waals surface area contributed by atoms with E-state index < -0.39 is 5.97 Å². The number of aromatic nitrogens is 1. The summed E-state index contributed by atoms with van der Waals surface area (Å²) in [4.78, 5) is 14.6. The first-order valence-corrected chi connectivity index (χ1v) is 4.87. The largest absolute Gasteiger partial charge is 0.488 e. The number of hydrogen-bond donors (Lipinski definition) is 1. The minimum Gasteiger partial charge on any atom is -0.488 e. The number of rotatable bonds is 4. The summed E-state index contributed by atoms with van der Waals surface area (Å²) >= 11 is 0. The molecule has 15 heavy (non-hydrogen) atoms. The van der Waals surface area contributed by atoms with Gasteiger partial charge in [-0.3, -0.25) is 0 Å². The Labute approximate surface area is 88.9 Å². The maximum absolute atomic E-state index is 10.8. The lowest BCUT2D eigenvalue weighted by atomic mass is 10.1. The van der Waals surface area contributed by atoms with Crippen molar-refractivity contribution in [3.05, 3.63) is 24.0 Å². The second-order valence-electron chi connectivity index (χ2n) is 3.72. The number of hydrogen-bond acceptors (Lipinski definition) is 3. The first kappa shape index (κ1) is 11.5. The molecule has 82 valence electrons. The normalized spacial score (nSPS) is 12.5. The van der Waals surface area contributed by atoms with E-state index in [4.69, 9.17) is 9.84 Å². The molecule has 0 bridgehead atoms. The van der Waals surface area contributed by atoms with E-state index in [0.29, 0.717) is 11.7 Å². The third-order valence-corrected chi connectivity index (χ3v) is 2.22. The summed E-state index contributed by atoms with van der Waals surface area (Å²) in [5.41, 5.74) is -0.0370. The van der Waals surface area contributed by atoms with Crippen LogP contribution in [0.1, 0.15) is 31.3 Å². The van der Waals surface area contributed by atoms with Crippen molar-refractivity contribution in [2.45, 2.75) is 26.9 Å². The second-order valence-corrected chi connectivity index (χ2v) is 3.72. The fraction of sp³-hybridized carbons (Fsp3) is 0.455. The van der Waals surface area contributed by atoms with Gasteiger partial charge in [0.1, 0.15) is 0 Å². The van der Waals surface area contributed by atoms with Crippen molar-refractivity contribution in [2.24, 2.45) is 5.92 Å². The second kappa shape index (κ2) is 4.77. The molecular formula is C11H15NO3. The number of ether oxygens (including phenoxy) is 1. The van der Waals surface area contributed by atoms with Crippen molar-refractivity contribution in [1.82, 2.24) is 4.98 Å². The zero-order valence-electron chi connectivity index (χ0n) is 9.10. The molecule has 0 aromatic carbocycles. The Hall–Kier alpha value is -1.58. The van der Waals surface area contributed by atoms with E-state index in [1.807, 2.05) is 20.8 Å². The molecule has 0 saturated heterocycles. The fourth-order valence-corrected chi connectivity index (χ4v) is 0.983. The summed E-state index contributed by atoms with van der Waals surface area (Å²) < 4.78 is 5.52. The van der Waals surface area contributed by atoms with Crippen LogP contribution in [0.4, 0.5) is 0 Å². The molecule has 1 aromatic heterocycles. The highest BCUT2D eigenvalue weighted by atomic mass is 16.5. The zero-order valence-corrected chi connectivity index (χ0v) is 9.10. The van der Waals surface area contributed by atoms with E-state index in [1.165, 1.54) is 6.20 Å². The quantitative estimate of drug-likeness (QED) is 0.825. The van der Waals surface area contributed by atoms with E-state index in [-0.39, 0.29) is 11.8 Å². The summed E-state index contributed by atoms with van der Waals surface area (Å²) in [7, 11) is 0. The van der Waals surface area contributed by atoms with E-state index in [0.717, 1.165) is 0 Å². The Morgan fingerprint density at radius 2 is 2.13 bits per heavy atom. The highest BCUT2D eigenvalue weighted by Crippen LogP contribution is 2.19. The number of aromatic carboxylic acids is 1. The first-order valence-electron chi connectivity index (χ1n) is 4.87. The number of nitrogens with zero attached hydrogens (tertiary/aromatic N) is 1. The van der Waals surface area contributed by atoms with Crippen molar-refractivity contribution >= 4 is 5.97 Å². The van der Waals surface area contributed by atoms with Gasteiger partial charge in [-0.25, -0.2) is 9.78 Å². The van der Waals surface area contributed by atoms with Gasteiger partial charge in [-0.15, -0.1) is 0 Å². The van der Waals surface area contributed by atoms with Crippen LogP contribution in [0.15, 0.2) is 18.3 Å². The van der Waals surface area contributed by atoms with Crippen LogP contribution in [-0.2, 0) is 0 Å². The Kier molecular flexibility index (Phi) is 3.66. The Balaban J connectivity index is 2.89. The summed E-state index contributed by atoms with van der Waals surface area (Å²) in [5.74, 6) is -0.417. The van der Waals surface area contributed by atoms with Gasteiger partial charge < -0.3 is 9.84 Å². The third-order valence-electron chi connectivity index (χ3n) is 2.22. The van der Waals surface area contributed by atoms with Gasteiger partial charge in [-0.05, 0) is 25.0 Å². The molecule has 4 heteroatoms.